The lowest BCUT2D eigenvalue weighted by atomic mass is 10.1. The molecule has 2 amide bonds. The van der Waals surface area contributed by atoms with E-state index < -0.39 is 11.8 Å². The molecule has 3 aromatic carbocycles. The number of ether oxygens (including phenoxy) is 2. The first-order chi connectivity index (χ1) is 15.7. The first-order valence-corrected chi connectivity index (χ1v) is 11.9. The number of benzene rings is 3. The Balaban J connectivity index is 1.42. The molecule has 0 aliphatic carbocycles. The van der Waals surface area contributed by atoms with Gasteiger partial charge in [-0.1, -0.05) is 51.3 Å². The summed E-state index contributed by atoms with van der Waals surface area (Å²) in [7, 11) is 0. The van der Waals surface area contributed by atoms with Crippen LogP contribution in [0.5, 0.6) is 11.5 Å². The van der Waals surface area contributed by atoms with Crippen LogP contribution >= 0.6 is 67.3 Å². The van der Waals surface area contributed by atoms with Gasteiger partial charge in [0.1, 0.15) is 11.5 Å². The Bertz CT molecular complexity index is 1230. The second-order valence-electron chi connectivity index (χ2n) is 6.45. The highest BCUT2D eigenvalue weighted by molar-refractivity contribution is 9.11. The Kier molecular flexibility index (Phi) is 9.16. The molecule has 0 aliphatic rings. The minimum absolute atomic E-state index is 0.107. The second kappa shape index (κ2) is 11.8. The predicted octanol–water partition coefficient (Wildman–Crippen LogP) is 5.15. The normalized spacial score (nSPS) is 10.4. The molecule has 3 N–H and O–H groups in total. The van der Waals surface area contributed by atoms with Gasteiger partial charge in [0, 0.05) is 9.50 Å². The van der Waals surface area contributed by atoms with Gasteiger partial charge < -0.3 is 9.47 Å². The third kappa shape index (κ3) is 7.44. The lowest BCUT2D eigenvalue weighted by Crippen LogP contribution is -2.50. The maximum absolute atomic E-state index is 12.1. The van der Waals surface area contributed by atoms with E-state index in [1.807, 2.05) is 24.3 Å². The molecule has 0 unspecified atom stereocenters. The summed E-state index contributed by atoms with van der Waals surface area (Å²) in [5, 5.41) is 4.97. The Morgan fingerprint density at radius 3 is 2.33 bits per heavy atom. The highest BCUT2D eigenvalue weighted by Crippen LogP contribution is 2.34. The predicted molar refractivity (Wildman–Crippen MR) is 139 cm³/mol. The van der Waals surface area contributed by atoms with Crippen LogP contribution in [0.3, 0.4) is 0 Å². The van der Waals surface area contributed by atoms with Crippen molar-refractivity contribution < 1.29 is 19.1 Å². The van der Waals surface area contributed by atoms with Crippen LogP contribution in [0.1, 0.15) is 0 Å². The van der Waals surface area contributed by atoms with Crippen LogP contribution in [0.15, 0.2) is 57.5 Å². The summed E-state index contributed by atoms with van der Waals surface area (Å²) in [4.78, 5) is 24.0. The van der Waals surface area contributed by atoms with Gasteiger partial charge in [0.15, 0.2) is 18.3 Å². The molecule has 0 saturated heterocycles. The van der Waals surface area contributed by atoms with Crippen LogP contribution in [0.2, 0.25) is 10.0 Å². The van der Waals surface area contributed by atoms with E-state index in [2.05, 4.69) is 48.0 Å². The summed E-state index contributed by atoms with van der Waals surface area (Å²) in [5.74, 6) is -0.240. The molecule has 33 heavy (non-hydrogen) atoms. The van der Waals surface area contributed by atoms with E-state index in [-0.39, 0.29) is 23.3 Å². The molecule has 0 radical (unpaired) electrons. The van der Waals surface area contributed by atoms with Crippen molar-refractivity contribution in [3.8, 4) is 11.5 Å². The van der Waals surface area contributed by atoms with Crippen LogP contribution in [0.4, 0.5) is 0 Å². The number of hydrazine groups is 1. The summed E-state index contributed by atoms with van der Waals surface area (Å²) >= 11 is 23.7. The average Bonchev–Trinajstić information content (AvgIpc) is 2.76. The van der Waals surface area contributed by atoms with Gasteiger partial charge >= 0.3 is 0 Å². The minimum Gasteiger partial charge on any atom is -0.483 e. The number of hydrogen-bond acceptors (Lipinski definition) is 5. The minimum atomic E-state index is -0.541. The fraction of sp³-hybridized carbons (Fsp3) is 0.0952. The van der Waals surface area contributed by atoms with E-state index in [9.17, 15) is 9.59 Å². The summed E-state index contributed by atoms with van der Waals surface area (Å²) in [5.41, 5.74) is 4.71. The fourth-order valence-electron chi connectivity index (χ4n) is 2.59. The van der Waals surface area contributed by atoms with Crippen molar-refractivity contribution in [1.29, 1.82) is 0 Å². The SMILES string of the molecule is O=C(COc1ccc(Cl)cc1Cl)NNC(=S)NC(=O)COc1ccc2cc(Br)ccc2c1Br. The van der Waals surface area contributed by atoms with Gasteiger partial charge in [0.05, 0.1) is 9.50 Å². The molecular weight excluding hydrogens is 621 g/mol. The lowest BCUT2D eigenvalue weighted by molar-refractivity contribution is -0.124. The Morgan fingerprint density at radius 1 is 0.879 bits per heavy atom. The molecule has 0 spiro atoms. The van der Waals surface area contributed by atoms with Crippen LogP contribution in [0.25, 0.3) is 10.8 Å². The molecule has 3 aromatic rings. The molecule has 3 rings (SSSR count). The van der Waals surface area contributed by atoms with Gasteiger partial charge in [-0.15, -0.1) is 0 Å². The number of carbonyl (C=O) groups is 2. The Morgan fingerprint density at radius 2 is 1.58 bits per heavy atom. The molecular formula is C21H15Br2Cl2N3O4S. The van der Waals surface area contributed by atoms with Gasteiger partial charge in [-0.05, 0) is 75.3 Å². The molecule has 0 fully saturated rings. The molecule has 0 aromatic heterocycles. The summed E-state index contributed by atoms with van der Waals surface area (Å²) < 4.78 is 12.6. The highest BCUT2D eigenvalue weighted by Gasteiger charge is 2.11. The third-order valence-corrected chi connectivity index (χ3v) is 6.11. The monoisotopic (exact) mass is 633 g/mol. The van der Waals surface area contributed by atoms with Crippen molar-refractivity contribution >= 4 is 95.0 Å². The standard InChI is InChI=1S/C21H15Br2Cl2N3O4S/c22-12-2-4-14-11(7-12)1-5-17(20(14)23)32-9-18(29)26-21(33)28-27-19(30)10-31-16-6-3-13(24)8-15(16)25/h1-8H,9-10H2,(H,27,30)(H2,26,28,29,33). The molecule has 172 valence electrons. The number of fused-ring (bicyclic) bond motifs is 1. The number of carbonyl (C=O) groups excluding carboxylic acids is 2. The number of thiocarbonyl (C=S) groups is 1. The maximum Gasteiger partial charge on any atom is 0.276 e. The fourth-order valence-corrected chi connectivity index (χ4v) is 4.20. The van der Waals surface area contributed by atoms with E-state index in [0.717, 1.165) is 19.7 Å². The molecule has 7 nitrogen and oxygen atoms in total. The molecule has 0 saturated carbocycles. The lowest BCUT2D eigenvalue weighted by Gasteiger charge is -2.13. The largest absolute Gasteiger partial charge is 0.483 e. The maximum atomic E-state index is 12.1. The van der Waals surface area contributed by atoms with E-state index >= 15 is 0 Å². The first kappa shape index (κ1) is 25.5. The number of amides is 2. The number of hydrogen-bond donors (Lipinski definition) is 3. The van der Waals surface area contributed by atoms with Crippen molar-refractivity contribution in [1.82, 2.24) is 16.2 Å². The Labute approximate surface area is 221 Å². The van der Waals surface area contributed by atoms with Crippen LogP contribution in [-0.4, -0.2) is 30.1 Å². The third-order valence-electron chi connectivity index (χ3n) is 4.06. The van der Waals surface area contributed by atoms with E-state index in [4.69, 9.17) is 44.9 Å². The number of rotatable bonds is 6. The molecule has 0 bridgehead atoms. The van der Waals surface area contributed by atoms with Gasteiger partial charge in [0.25, 0.3) is 11.8 Å². The van der Waals surface area contributed by atoms with Gasteiger partial charge in [0.2, 0.25) is 0 Å². The molecule has 0 atom stereocenters. The number of nitrogens with one attached hydrogen (secondary N) is 3. The molecule has 0 heterocycles. The number of halogens is 4. The molecule has 0 aliphatic heterocycles. The van der Waals surface area contributed by atoms with Crippen LogP contribution < -0.4 is 25.6 Å². The zero-order valence-corrected chi connectivity index (χ0v) is 22.1. The van der Waals surface area contributed by atoms with Crippen molar-refractivity contribution in [3.05, 3.63) is 67.5 Å². The van der Waals surface area contributed by atoms with Crippen molar-refractivity contribution in [2.24, 2.45) is 0 Å². The van der Waals surface area contributed by atoms with Gasteiger partial charge in [-0.2, -0.15) is 0 Å². The van der Waals surface area contributed by atoms with E-state index in [1.54, 1.807) is 18.2 Å². The van der Waals surface area contributed by atoms with E-state index in [1.165, 1.54) is 6.07 Å². The van der Waals surface area contributed by atoms with Gasteiger partial charge in [-0.3, -0.25) is 25.8 Å². The molecule has 12 heteroatoms. The smallest absolute Gasteiger partial charge is 0.276 e. The summed E-state index contributed by atoms with van der Waals surface area (Å²) in [6.45, 7) is -0.616. The topological polar surface area (TPSA) is 88.7 Å². The summed E-state index contributed by atoms with van der Waals surface area (Å²) in [6.07, 6.45) is 0. The highest BCUT2D eigenvalue weighted by atomic mass is 79.9. The van der Waals surface area contributed by atoms with Crippen molar-refractivity contribution in [3.63, 3.8) is 0 Å². The Hall–Kier alpha value is -2.11. The quantitative estimate of drug-likeness (QED) is 0.257. The second-order valence-corrected chi connectivity index (χ2v) is 9.41. The average molecular weight is 636 g/mol. The van der Waals surface area contributed by atoms with Crippen molar-refractivity contribution in [2.75, 3.05) is 13.2 Å². The zero-order valence-electron chi connectivity index (χ0n) is 16.6. The van der Waals surface area contributed by atoms with Gasteiger partial charge in [-0.25, -0.2) is 0 Å². The van der Waals surface area contributed by atoms with Crippen LogP contribution in [0, 0.1) is 0 Å². The first-order valence-electron chi connectivity index (χ1n) is 9.20. The van der Waals surface area contributed by atoms with Crippen LogP contribution in [-0.2, 0) is 9.59 Å². The van der Waals surface area contributed by atoms with E-state index in [0.29, 0.717) is 16.5 Å². The summed E-state index contributed by atoms with van der Waals surface area (Å²) in [6, 6.07) is 14.1. The van der Waals surface area contributed by atoms with Crippen molar-refractivity contribution in [2.45, 2.75) is 0 Å². The zero-order chi connectivity index (χ0) is 24.0.